The molecule has 1 N–H and O–H groups in total. The number of amides is 1. The summed E-state index contributed by atoms with van der Waals surface area (Å²) in [6.45, 7) is 9.72. The number of hydrogen-bond acceptors (Lipinski definition) is 5. The van der Waals surface area contributed by atoms with Crippen LogP contribution in [0, 0.1) is 13.8 Å². The Balaban J connectivity index is 1.29. The van der Waals surface area contributed by atoms with E-state index in [1.54, 1.807) is 16.8 Å². The quantitative estimate of drug-likeness (QED) is 0.568. The summed E-state index contributed by atoms with van der Waals surface area (Å²) in [7, 11) is 2.15. The highest BCUT2D eigenvalue weighted by Crippen LogP contribution is 2.23. The van der Waals surface area contributed by atoms with Gasteiger partial charge in [-0.25, -0.2) is 4.68 Å². The minimum absolute atomic E-state index is 0.166. The predicted molar refractivity (Wildman–Crippen MR) is 132 cm³/mol. The van der Waals surface area contributed by atoms with Gasteiger partial charge in [-0.05, 0) is 69.4 Å². The molecule has 2 heterocycles. The number of piperazine rings is 1. The first kappa shape index (κ1) is 23.3. The number of rotatable bonds is 7. The minimum atomic E-state index is -0.166. The molecule has 174 valence electrons. The van der Waals surface area contributed by atoms with E-state index < -0.39 is 0 Å². The molecule has 1 saturated heterocycles. The lowest BCUT2D eigenvalue weighted by atomic mass is 10.2. The highest BCUT2D eigenvalue weighted by Gasteiger charge is 2.14. The zero-order chi connectivity index (χ0) is 23.4. The van der Waals surface area contributed by atoms with Crippen LogP contribution in [-0.4, -0.2) is 71.9 Å². The summed E-state index contributed by atoms with van der Waals surface area (Å²) in [6.07, 6.45) is 0. The number of aromatic nitrogens is 2. The molecule has 0 spiro atoms. The van der Waals surface area contributed by atoms with Crippen LogP contribution in [0.4, 0.5) is 5.69 Å². The van der Waals surface area contributed by atoms with Gasteiger partial charge in [0.15, 0.2) is 0 Å². The summed E-state index contributed by atoms with van der Waals surface area (Å²) in [6, 6.07) is 14.8. The number of benzene rings is 2. The molecule has 1 aliphatic heterocycles. The number of carbonyl (C=O) groups excluding carboxylic acids is 1. The Morgan fingerprint density at radius 1 is 1.03 bits per heavy atom. The van der Waals surface area contributed by atoms with Gasteiger partial charge in [0.1, 0.15) is 12.4 Å². The predicted octanol–water partition coefficient (Wildman–Crippen LogP) is 4.02. The molecule has 0 saturated carbocycles. The van der Waals surface area contributed by atoms with E-state index >= 15 is 0 Å². The first-order valence-corrected chi connectivity index (χ1v) is 11.6. The summed E-state index contributed by atoms with van der Waals surface area (Å²) in [5.41, 5.74) is 3.85. The number of nitrogens with zero attached hydrogens (tertiary/aromatic N) is 4. The normalized spacial score (nSPS) is 14.9. The Morgan fingerprint density at radius 3 is 2.30 bits per heavy atom. The molecule has 7 nitrogen and oxygen atoms in total. The fraction of sp³-hybridized carbons (Fsp3) is 0.360. The molecule has 0 radical (unpaired) electrons. The molecule has 3 aromatic rings. The van der Waals surface area contributed by atoms with E-state index in [1.165, 1.54) is 0 Å². The second-order valence-electron chi connectivity index (χ2n) is 8.42. The molecule has 1 fully saturated rings. The third kappa shape index (κ3) is 5.74. The van der Waals surface area contributed by atoms with Crippen molar-refractivity contribution in [3.05, 3.63) is 70.5 Å². The van der Waals surface area contributed by atoms with Gasteiger partial charge < -0.3 is 15.0 Å². The number of halogens is 1. The van der Waals surface area contributed by atoms with E-state index in [9.17, 15) is 4.79 Å². The van der Waals surface area contributed by atoms with Crippen LogP contribution >= 0.6 is 11.6 Å². The molecule has 1 amide bonds. The second-order valence-corrected chi connectivity index (χ2v) is 8.79. The minimum Gasteiger partial charge on any atom is -0.492 e. The standard InChI is InChI=1S/C25H30ClN5O2/c1-18-24(26)19(2)31(28-18)22-8-6-21(7-9-22)27-25(32)20-4-10-23(11-5-20)33-17-16-30-14-12-29(3)13-15-30/h4-11H,12-17H2,1-3H3,(H,27,32). The van der Waals surface area contributed by atoms with Crippen molar-refractivity contribution in [2.75, 3.05) is 51.7 Å². The first-order valence-electron chi connectivity index (χ1n) is 11.2. The maximum absolute atomic E-state index is 12.6. The van der Waals surface area contributed by atoms with Gasteiger partial charge >= 0.3 is 0 Å². The number of aryl methyl sites for hydroxylation is 1. The van der Waals surface area contributed by atoms with Crippen LogP contribution in [0.2, 0.25) is 5.02 Å². The summed E-state index contributed by atoms with van der Waals surface area (Å²) < 4.78 is 7.66. The summed E-state index contributed by atoms with van der Waals surface area (Å²) in [5.74, 6) is 0.606. The maximum atomic E-state index is 12.6. The van der Waals surface area contributed by atoms with Crippen LogP contribution in [0.25, 0.3) is 5.69 Å². The average molecular weight is 468 g/mol. The van der Waals surface area contributed by atoms with Crippen molar-refractivity contribution in [1.82, 2.24) is 19.6 Å². The van der Waals surface area contributed by atoms with E-state index in [4.69, 9.17) is 16.3 Å². The molecule has 1 aliphatic rings. The highest BCUT2D eigenvalue weighted by molar-refractivity contribution is 6.31. The van der Waals surface area contributed by atoms with E-state index in [0.29, 0.717) is 22.9 Å². The topological polar surface area (TPSA) is 62.6 Å². The fourth-order valence-corrected chi connectivity index (χ4v) is 3.95. The van der Waals surface area contributed by atoms with Gasteiger partial charge in [0.05, 0.1) is 22.1 Å². The molecular weight excluding hydrogens is 438 g/mol. The second kappa shape index (κ2) is 10.4. The van der Waals surface area contributed by atoms with E-state index in [2.05, 4.69) is 27.3 Å². The molecule has 0 unspecified atom stereocenters. The highest BCUT2D eigenvalue weighted by atomic mass is 35.5. The SMILES string of the molecule is Cc1nn(-c2ccc(NC(=O)c3ccc(OCCN4CCN(C)CC4)cc3)cc2)c(C)c1Cl. The van der Waals surface area contributed by atoms with Crippen molar-refractivity contribution in [2.45, 2.75) is 13.8 Å². The van der Waals surface area contributed by atoms with Crippen LogP contribution in [0.5, 0.6) is 5.75 Å². The molecular formula is C25H30ClN5O2. The van der Waals surface area contributed by atoms with Gasteiger partial charge in [-0.1, -0.05) is 11.6 Å². The number of nitrogens with one attached hydrogen (secondary N) is 1. The van der Waals surface area contributed by atoms with Crippen LogP contribution < -0.4 is 10.1 Å². The Morgan fingerprint density at radius 2 is 1.70 bits per heavy atom. The lowest BCUT2D eigenvalue weighted by molar-refractivity contribution is 0.102. The third-order valence-corrected chi connectivity index (χ3v) is 6.51. The lowest BCUT2D eigenvalue weighted by Crippen LogP contribution is -2.45. The molecule has 8 heteroatoms. The first-order chi connectivity index (χ1) is 15.9. The fourth-order valence-electron chi connectivity index (χ4n) is 3.83. The van der Waals surface area contributed by atoms with Crippen molar-refractivity contribution in [3.63, 3.8) is 0 Å². The van der Waals surface area contributed by atoms with Crippen molar-refractivity contribution in [2.24, 2.45) is 0 Å². The summed E-state index contributed by atoms with van der Waals surface area (Å²) in [5, 5.41) is 8.06. The van der Waals surface area contributed by atoms with Crippen LogP contribution in [0.15, 0.2) is 48.5 Å². The maximum Gasteiger partial charge on any atom is 0.255 e. The number of anilines is 1. The van der Waals surface area contributed by atoms with Gasteiger partial charge in [0, 0.05) is 44.0 Å². The number of likely N-dealkylation sites (N-methyl/N-ethyl adjacent to an activating group) is 1. The molecule has 1 aromatic heterocycles. The van der Waals surface area contributed by atoms with Gasteiger partial charge in [0.2, 0.25) is 0 Å². The Kier molecular flexibility index (Phi) is 7.33. The van der Waals surface area contributed by atoms with E-state index in [-0.39, 0.29) is 5.91 Å². The number of ether oxygens (including phenoxy) is 1. The zero-order valence-electron chi connectivity index (χ0n) is 19.3. The van der Waals surface area contributed by atoms with Crippen molar-refractivity contribution in [1.29, 1.82) is 0 Å². The van der Waals surface area contributed by atoms with Gasteiger partial charge in [-0.15, -0.1) is 0 Å². The monoisotopic (exact) mass is 467 g/mol. The largest absolute Gasteiger partial charge is 0.492 e. The Hall–Kier alpha value is -2.87. The summed E-state index contributed by atoms with van der Waals surface area (Å²) >= 11 is 6.24. The molecule has 0 atom stereocenters. The van der Waals surface area contributed by atoms with Crippen LogP contribution in [0.1, 0.15) is 21.7 Å². The molecule has 33 heavy (non-hydrogen) atoms. The van der Waals surface area contributed by atoms with Crippen molar-refractivity contribution in [3.8, 4) is 11.4 Å². The third-order valence-electron chi connectivity index (χ3n) is 5.96. The molecule has 0 aliphatic carbocycles. The van der Waals surface area contributed by atoms with Gasteiger partial charge in [0.25, 0.3) is 5.91 Å². The van der Waals surface area contributed by atoms with Gasteiger partial charge in [-0.3, -0.25) is 9.69 Å². The van der Waals surface area contributed by atoms with E-state index in [1.807, 2.05) is 50.2 Å². The van der Waals surface area contributed by atoms with E-state index in [0.717, 1.165) is 55.5 Å². The number of carbonyl (C=O) groups is 1. The van der Waals surface area contributed by atoms with Gasteiger partial charge in [-0.2, -0.15) is 5.10 Å². The Bertz CT molecular complexity index is 1090. The lowest BCUT2D eigenvalue weighted by Gasteiger charge is -2.32. The molecule has 2 aromatic carbocycles. The van der Waals surface area contributed by atoms with Crippen LogP contribution in [-0.2, 0) is 0 Å². The van der Waals surface area contributed by atoms with Crippen molar-refractivity contribution >= 4 is 23.2 Å². The van der Waals surface area contributed by atoms with Crippen LogP contribution in [0.3, 0.4) is 0 Å². The summed E-state index contributed by atoms with van der Waals surface area (Å²) in [4.78, 5) is 17.4. The zero-order valence-corrected chi connectivity index (χ0v) is 20.1. The average Bonchev–Trinajstić information content (AvgIpc) is 3.08. The molecule has 4 rings (SSSR count). The molecule has 0 bridgehead atoms. The Labute approximate surface area is 199 Å². The number of hydrogen-bond donors (Lipinski definition) is 1. The van der Waals surface area contributed by atoms with Crippen molar-refractivity contribution < 1.29 is 9.53 Å². The smallest absolute Gasteiger partial charge is 0.255 e.